The summed E-state index contributed by atoms with van der Waals surface area (Å²) in [6, 6.07) is 0. The van der Waals surface area contributed by atoms with Crippen LogP contribution in [0.2, 0.25) is 0 Å². The van der Waals surface area contributed by atoms with E-state index in [4.69, 9.17) is 0 Å². The highest BCUT2D eigenvalue weighted by molar-refractivity contribution is 5.20. The molecule has 0 radical (unpaired) electrons. The molecule has 0 saturated heterocycles. The van der Waals surface area contributed by atoms with Crippen LogP contribution >= 0.6 is 0 Å². The average Bonchev–Trinajstić information content (AvgIpc) is 2.73. The topological polar surface area (TPSA) is 55.6 Å². The molecule has 19 heavy (non-hydrogen) atoms. The molecule has 0 fully saturated rings. The summed E-state index contributed by atoms with van der Waals surface area (Å²) in [6.45, 7) is 7.79. The molecule has 0 aromatic carbocycles. The largest absolute Gasteiger partial charge is 0.307 e. The maximum absolute atomic E-state index is 4.50. The fraction of sp³-hybridized carbons (Fsp3) is 0.500. The zero-order valence-corrected chi connectivity index (χ0v) is 12.0. The summed E-state index contributed by atoms with van der Waals surface area (Å²) in [5, 5.41) is 7.89. The lowest BCUT2D eigenvalue weighted by atomic mass is 10.1. The van der Waals surface area contributed by atoms with Gasteiger partial charge in [0.05, 0.1) is 17.1 Å². The monoisotopic (exact) mass is 259 g/mol. The first-order chi connectivity index (χ1) is 9.06. The Bertz CT molecular complexity index is 527. The van der Waals surface area contributed by atoms with E-state index in [0.717, 1.165) is 30.2 Å². The molecule has 0 aliphatic rings. The number of hydrogen-bond donors (Lipinski definition) is 1. The van der Waals surface area contributed by atoms with Gasteiger partial charge < -0.3 is 5.32 Å². The van der Waals surface area contributed by atoms with Crippen LogP contribution in [0.1, 0.15) is 42.4 Å². The molecule has 0 bridgehead atoms. The minimum Gasteiger partial charge on any atom is -0.307 e. The molecule has 0 atom stereocenters. The summed E-state index contributed by atoms with van der Waals surface area (Å²) in [5.74, 6) is 0.442. The lowest BCUT2D eigenvalue weighted by Crippen LogP contribution is -2.15. The van der Waals surface area contributed by atoms with Crippen molar-refractivity contribution in [3.8, 4) is 0 Å². The zero-order chi connectivity index (χ0) is 13.8. The van der Waals surface area contributed by atoms with E-state index >= 15 is 0 Å². The van der Waals surface area contributed by atoms with E-state index in [-0.39, 0.29) is 0 Å². The van der Waals surface area contributed by atoms with Crippen molar-refractivity contribution in [2.75, 3.05) is 0 Å². The molecule has 2 heterocycles. The molecule has 5 heteroatoms. The fourth-order valence-corrected chi connectivity index (χ4v) is 2.01. The van der Waals surface area contributed by atoms with Gasteiger partial charge in [0.25, 0.3) is 0 Å². The third kappa shape index (κ3) is 3.61. The first kappa shape index (κ1) is 13.7. The Balaban J connectivity index is 1.94. The fourth-order valence-electron chi connectivity index (χ4n) is 2.01. The van der Waals surface area contributed by atoms with Crippen molar-refractivity contribution >= 4 is 0 Å². The molecule has 2 rings (SSSR count). The van der Waals surface area contributed by atoms with Gasteiger partial charge in [0.15, 0.2) is 0 Å². The zero-order valence-electron chi connectivity index (χ0n) is 12.0. The Morgan fingerprint density at radius 1 is 1.21 bits per heavy atom. The van der Waals surface area contributed by atoms with E-state index in [1.807, 2.05) is 24.9 Å². The van der Waals surface area contributed by atoms with E-state index in [1.165, 1.54) is 5.56 Å². The van der Waals surface area contributed by atoms with Crippen LogP contribution in [-0.4, -0.2) is 19.7 Å². The van der Waals surface area contributed by atoms with Gasteiger partial charge in [0, 0.05) is 44.3 Å². The van der Waals surface area contributed by atoms with Gasteiger partial charge >= 0.3 is 0 Å². The van der Waals surface area contributed by atoms with Crippen LogP contribution in [0.3, 0.4) is 0 Å². The Morgan fingerprint density at radius 3 is 2.63 bits per heavy atom. The third-order valence-corrected chi connectivity index (χ3v) is 2.94. The van der Waals surface area contributed by atoms with Gasteiger partial charge in [0.2, 0.25) is 0 Å². The Labute approximate surface area is 114 Å². The van der Waals surface area contributed by atoms with Gasteiger partial charge in [0.1, 0.15) is 0 Å². The summed E-state index contributed by atoms with van der Waals surface area (Å²) in [5.41, 5.74) is 4.31. The molecule has 0 aliphatic carbocycles. The molecule has 2 aromatic rings. The summed E-state index contributed by atoms with van der Waals surface area (Å²) in [7, 11) is 1.96. The smallest absolute Gasteiger partial charge is 0.0724 e. The summed E-state index contributed by atoms with van der Waals surface area (Å²) in [4.78, 5) is 8.56. The Kier molecular flexibility index (Phi) is 4.27. The molecular weight excluding hydrogens is 238 g/mol. The minimum absolute atomic E-state index is 0.442. The highest BCUT2D eigenvalue weighted by Gasteiger charge is 2.10. The first-order valence-electron chi connectivity index (χ1n) is 6.57. The Morgan fingerprint density at radius 2 is 2.00 bits per heavy atom. The molecule has 2 aromatic heterocycles. The first-order valence-corrected chi connectivity index (χ1v) is 6.57. The highest BCUT2D eigenvalue weighted by atomic mass is 15.3. The normalized spacial score (nSPS) is 11.2. The number of aryl methyl sites for hydroxylation is 2. The number of rotatable bonds is 5. The number of aromatic nitrogens is 4. The average molecular weight is 259 g/mol. The second kappa shape index (κ2) is 5.93. The van der Waals surface area contributed by atoms with Gasteiger partial charge in [-0.3, -0.25) is 14.6 Å². The molecule has 0 amide bonds. The van der Waals surface area contributed by atoms with E-state index in [0.29, 0.717) is 5.92 Å². The van der Waals surface area contributed by atoms with Crippen LogP contribution in [0, 0.1) is 6.92 Å². The highest BCUT2D eigenvalue weighted by Crippen LogP contribution is 2.16. The lowest BCUT2D eigenvalue weighted by Gasteiger charge is -2.06. The summed E-state index contributed by atoms with van der Waals surface area (Å²) >= 11 is 0. The maximum Gasteiger partial charge on any atom is 0.0724 e. The molecule has 102 valence electrons. The number of nitrogens with one attached hydrogen (secondary N) is 1. The third-order valence-electron chi connectivity index (χ3n) is 2.94. The van der Waals surface area contributed by atoms with Crippen LogP contribution in [-0.2, 0) is 20.1 Å². The van der Waals surface area contributed by atoms with Crippen molar-refractivity contribution in [1.82, 2.24) is 25.1 Å². The summed E-state index contributed by atoms with van der Waals surface area (Å²) < 4.78 is 1.87. The quantitative estimate of drug-likeness (QED) is 0.891. The van der Waals surface area contributed by atoms with Crippen molar-refractivity contribution in [1.29, 1.82) is 0 Å². The van der Waals surface area contributed by atoms with E-state index in [9.17, 15) is 0 Å². The van der Waals surface area contributed by atoms with Crippen molar-refractivity contribution in [2.45, 2.75) is 39.8 Å². The number of nitrogens with zero attached hydrogens (tertiary/aromatic N) is 4. The molecule has 5 nitrogen and oxygen atoms in total. The van der Waals surface area contributed by atoms with Gasteiger partial charge in [-0.15, -0.1) is 0 Å². The van der Waals surface area contributed by atoms with Crippen LogP contribution in [0.4, 0.5) is 0 Å². The molecule has 0 saturated carbocycles. The molecule has 1 N–H and O–H groups in total. The number of hydrogen-bond acceptors (Lipinski definition) is 4. The molecule has 0 unspecified atom stereocenters. The predicted octanol–water partition coefficient (Wildman–Crippen LogP) is 1.93. The van der Waals surface area contributed by atoms with Crippen LogP contribution < -0.4 is 5.32 Å². The lowest BCUT2D eigenvalue weighted by molar-refractivity contribution is 0.664. The van der Waals surface area contributed by atoms with Crippen LogP contribution in [0.5, 0.6) is 0 Å². The second-order valence-electron chi connectivity index (χ2n) is 5.12. The van der Waals surface area contributed by atoms with Gasteiger partial charge in [-0.2, -0.15) is 5.10 Å². The molecule has 0 spiro atoms. The standard InChI is InChI=1S/C14H21N5/c1-10(2)14-12(9-19(4)18-14)6-15-7-13-8-16-11(3)5-17-13/h5,8-10,15H,6-7H2,1-4H3. The van der Waals surface area contributed by atoms with Crippen LogP contribution in [0.25, 0.3) is 0 Å². The van der Waals surface area contributed by atoms with Gasteiger partial charge in [-0.1, -0.05) is 13.8 Å². The summed E-state index contributed by atoms with van der Waals surface area (Å²) in [6.07, 6.45) is 5.68. The van der Waals surface area contributed by atoms with Gasteiger partial charge in [-0.05, 0) is 12.8 Å². The molecule has 0 aliphatic heterocycles. The SMILES string of the molecule is Cc1cnc(CNCc2cn(C)nc2C(C)C)cn1. The maximum atomic E-state index is 4.50. The van der Waals surface area contributed by atoms with Crippen LogP contribution in [0.15, 0.2) is 18.6 Å². The van der Waals surface area contributed by atoms with Crippen molar-refractivity contribution in [3.05, 3.63) is 41.2 Å². The second-order valence-corrected chi connectivity index (χ2v) is 5.12. The van der Waals surface area contributed by atoms with Crippen molar-refractivity contribution in [3.63, 3.8) is 0 Å². The van der Waals surface area contributed by atoms with Crippen molar-refractivity contribution < 1.29 is 0 Å². The van der Waals surface area contributed by atoms with Gasteiger partial charge in [-0.25, -0.2) is 0 Å². The van der Waals surface area contributed by atoms with Crippen molar-refractivity contribution in [2.24, 2.45) is 7.05 Å². The minimum atomic E-state index is 0.442. The van der Waals surface area contributed by atoms with E-state index in [1.54, 1.807) is 6.20 Å². The van der Waals surface area contributed by atoms with E-state index < -0.39 is 0 Å². The van der Waals surface area contributed by atoms with E-state index in [2.05, 4.69) is 40.4 Å². The Hall–Kier alpha value is -1.75. The predicted molar refractivity (Wildman–Crippen MR) is 74.6 cm³/mol. The molecular formula is C14H21N5.